The monoisotopic (exact) mass is 234 g/mol. The number of ether oxygens (including phenoxy) is 1. The molecule has 1 heterocycles. The average molecular weight is 234 g/mol. The van der Waals surface area contributed by atoms with Gasteiger partial charge in [-0.2, -0.15) is 0 Å². The third-order valence-electron chi connectivity index (χ3n) is 2.50. The van der Waals surface area contributed by atoms with Crippen molar-refractivity contribution in [3.05, 3.63) is 35.8 Å². The van der Waals surface area contributed by atoms with E-state index < -0.39 is 11.8 Å². The van der Waals surface area contributed by atoms with Crippen LogP contribution in [0, 0.1) is 5.82 Å². The highest BCUT2D eigenvalue weighted by atomic mass is 19.1. The summed E-state index contributed by atoms with van der Waals surface area (Å²) in [5.74, 6) is -0.927. The number of esters is 1. The van der Waals surface area contributed by atoms with E-state index in [1.165, 1.54) is 19.4 Å². The highest BCUT2D eigenvalue weighted by molar-refractivity contribution is 6.04. The molecule has 0 atom stereocenters. The summed E-state index contributed by atoms with van der Waals surface area (Å²) in [5, 5.41) is 3.42. The summed E-state index contributed by atoms with van der Waals surface area (Å²) < 4.78 is 18.2. The first-order valence-corrected chi connectivity index (χ1v) is 5.02. The maximum atomic E-state index is 13.5. The molecule has 5 heteroatoms. The fourth-order valence-electron chi connectivity index (χ4n) is 1.72. The molecular formula is C12H11FN2O2. The van der Waals surface area contributed by atoms with Gasteiger partial charge in [-0.25, -0.2) is 9.18 Å². The zero-order valence-corrected chi connectivity index (χ0v) is 9.45. The van der Waals surface area contributed by atoms with Gasteiger partial charge in [0.25, 0.3) is 0 Å². The quantitative estimate of drug-likeness (QED) is 0.809. The summed E-state index contributed by atoms with van der Waals surface area (Å²) >= 11 is 0. The van der Waals surface area contributed by atoms with Gasteiger partial charge in [-0.3, -0.25) is 4.98 Å². The molecule has 0 saturated carbocycles. The molecule has 0 aliphatic heterocycles. The number of rotatable bonds is 2. The van der Waals surface area contributed by atoms with Crippen molar-refractivity contribution in [3.63, 3.8) is 0 Å². The molecule has 1 aromatic heterocycles. The molecule has 88 valence electrons. The van der Waals surface area contributed by atoms with Crippen molar-refractivity contribution in [2.45, 2.75) is 0 Å². The molecule has 0 aliphatic rings. The van der Waals surface area contributed by atoms with Crippen LogP contribution >= 0.6 is 0 Å². The first-order chi connectivity index (χ1) is 8.19. The summed E-state index contributed by atoms with van der Waals surface area (Å²) in [6.07, 6.45) is 1.31. The van der Waals surface area contributed by atoms with Crippen molar-refractivity contribution in [1.82, 2.24) is 4.98 Å². The van der Waals surface area contributed by atoms with Gasteiger partial charge in [-0.15, -0.1) is 0 Å². The Labute approximate surface area is 97.4 Å². The molecule has 0 spiro atoms. The summed E-state index contributed by atoms with van der Waals surface area (Å²) in [5.41, 5.74) is 1.03. The van der Waals surface area contributed by atoms with Crippen molar-refractivity contribution < 1.29 is 13.9 Å². The number of hydrogen-bond donors (Lipinski definition) is 1. The smallest absolute Gasteiger partial charge is 0.341 e. The Hall–Kier alpha value is -2.17. The largest absolute Gasteiger partial charge is 0.465 e. The van der Waals surface area contributed by atoms with Crippen LogP contribution in [0.3, 0.4) is 0 Å². The lowest BCUT2D eigenvalue weighted by Crippen LogP contribution is -2.07. The lowest BCUT2D eigenvalue weighted by atomic mass is 10.1. The minimum atomic E-state index is -0.506. The van der Waals surface area contributed by atoms with Crippen LogP contribution in [0.5, 0.6) is 0 Å². The van der Waals surface area contributed by atoms with Crippen LogP contribution in [0.1, 0.15) is 10.4 Å². The zero-order valence-electron chi connectivity index (χ0n) is 9.45. The second-order valence-corrected chi connectivity index (χ2v) is 3.42. The summed E-state index contributed by atoms with van der Waals surface area (Å²) in [4.78, 5) is 15.5. The molecule has 0 radical (unpaired) electrons. The molecule has 0 bridgehead atoms. The number of nitrogens with one attached hydrogen (secondary N) is 1. The number of aromatic nitrogens is 1. The number of carbonyl (C=O) groups excluding carboxylic acids is 1. The van der Waals surface area contributed by atoms with Gasteiger partial charge in [0.05, 0.1) is 12.8 Å². The zero-order chi connectivity index (χ0) is 12.4. The second-order valence-electron chi connectivity index (χ2n) is 3.42. The lowest BCUT2D eigenvalue weighted by Gasteiger charge is -2.10. The number of hydrogen-bond acceptors (Lipinski definition) is 4. The van der Waals surface area contributed by atoms with Gasteiger partial charge in [0.15, 0.2) is 0 Å². The van der Waals surface area contributed by atoms with Gasteiger partial charge in [-0.1, -0.05) is 12.1 Å². The van der Waals surface area contributed by atoms with Gasteiger partial charge in [0.1, 0.15) is 16.9 Å². The van der Waals surface area contributed by atoms with Crippen LogP contribution in [0.4, 0.5) is 10.1 Å². The number of nitrogens with zero attached hydrogens (tertiary/aromatic N) is 1. The molecule has 1 aromatic carbocycles. The first kappa shape index (κ1) is 11.3. The van der Waals surface area contributed by atoms with Crippen LogP contribution in [0.2, 0.25) is 0 Å². The van der Waals surface area contributed by atoms with Gasteiger partial charge >= 0.3 is 5.97 Å². The van der Waals surface area contributed by atoms with Crippen molar-refractivity contribution in [2.24, 2.45) is 0 Å². The van der Waals surface area contributed by atoms with E-state index in [0.717, 1.165) is 0 Å². The summed E-state index contributed by atoms with van der Waals surface area (Å²) in [6.45, 7) is 0. The normalized spacial score (nSPS) is 10.3. The third kappa shape index (κ3) is 1.80. The van der Waals surface area contributed by atoms with Crippen LogP contribution in [-0.4, -0.2) is 25.1 Å². The SMILES string of the molecule is CNc1c(C(=O)OC)cnc2c(F)cccc12. The summed E-state index contributed by atoms with van der Waals surface area (Å²) in [7, 11) is 2.95. The third-order valence-corrected chi connectivity index (χ3v) is 2.50. The molecular weight excluding hydrogens is 223 g/mol. The minimum absolute atomic E-state index is 0.226. The number of halogens is 1. The van der Waals surface area contributed by atoms with Crippen LogP contribution in [-0.2, 0) is 4.74 Å². The molecule has 2 rings (SSSR count). The topological polar surface area (TPSA) is 51.2 Å². The first-order valence-electron chi connectivity index (χ1n) is 5.02. The molecule has 0 fully saturated rings. The van der Waals surface area contributed by atoms with E-state index in [-0.39, 0.29) is 11.1 Å². The molecule has 0 amide bonds. The van der Waals surface area contributed by atoms with Gasteiger partial charge < -0.3 is 10.1 Å². The molecule has 1 N–H and O–H groups in total. The number of fused-ring (bicyclic) bond motifs is 1. The van der Waals surface area contributed by atoms with Gasteiger partial charge in [0.2, 0.25) is 0 Å². The Morgan fingerprint density at radius 3 is 2.88 bits per heavy atom. The van der Waals surface area contributed by atoms with Crippen LogP contribution in [0.15, 0.2) is 24.4 Å². The Kier molecular flexibility index (Phi) is 2.91. The van der Waals surface area contributed by atoms with Crippen molar-refractivity contribution in [3.8, 4) is 0 Å². The maximum Gasteiger partial charge on any atom is 0.341 e. The second kappa shape index (κ2) is 4.37. The number of anilines is 1. The number of methoxy groups -OCH3 is 1. The standard InChI is InChI=1S/C12H11FN2O2/c1-14-10-7-4-3-5-9(13)11(7)15-6-8(10)12(16)17-2/h3-6H,1-2H3,(H,14,15). The predicted octanol–water partition coefficient (Wildman–Crippen LogP) is 2.20. The van der Waals surface area contributed by atoms with E-state index in [4.69, 9.17) is 0 Å². The average Bonchev–Trinajstić information content (AvgIpc) is 2.37. The number of benzene rings is 1. The van der Waals surface area contributed by atoms with E-state index >= 15 is 0 Å². The van der Waals surface area contributed by atoms with E-state index in [9.17, 15) is 9.18 Å². The van der Waals surface area contributed by atoms with E-state index in [0.29, 0.717) is 11.1 Å². The highest BCUT2D eigenvalue weighted by Gasteiger charge is 2.16. The molecule has 17 heavy (non-hydrogen) atoms. The number of para-hydroxylation sites is 1. The van der Waals surface area contributed by atoms with Gasteiger partial charge in [-0.05, 0) is 6.07 Å². The predicted molar refractivity (Wildman–Crippen MR) is 62.6 cm³/mol. The van der Waals surface area contributed by atoms with E-state index in [2.05, 4.69) is 15.0 Å². The van der Waals surface area contributed by atoms with Gasteiger partial charge in [0, 0.05) is 18.6 Å². The van der Waals surface area contributed by atoms with E-state index in [1.54, 1.807) is 19.2 Å². The fourth-order valence-corrected chi connectivity index (χ4v) is 1.72. The Morgan fingerprint density at radius 2 is 2.24 bits per heavy atom. The molecule has 2 aromatic rings. The molecule has 0 aliphatic carbocycles. The van der Waals surface area contributed by atoms with Crippen molar-refractivity contribution in [1.29, 1.82) is 0 Å². The lowest BCUT2D eigenvalue weighted by molar-refractivity contribution is 0.0601. The Bertz CT molecular complexity index is 584. The number of pyridine rings is 1. The Balaban J connectivity index is 2.78. The highest BCUT2D eigenvalue weighted by Crippen LogP contribution is 2.27. The maximum absolute atomic E-state index is 13.5. The molecule has 0 saturated heterocycles. The summed E-state index contributed by atoms with van der Waals surface area (Å²) in [6, 6.07) is 4.59. The molecule has 0 unspecified atom stereocenters. The fraction of sp³-hybridized carbons (Fsp3) is 0.167. The van der Waals surface area contributed by atoms with Crippen molar-refractivity contribution >= 4 is 22.6 Å². The minimum Gasteiger partial charge on any atom is -0.465 e. The Morgan fingerprint density at radius 1 is 1.47 bits per heavy atom. The van der Waals surface area contributed by atoms with E-state index in [1.807, 2.05) is 0 Å². The van der Waals surface area contributed by atoms with Crippen molar-refractivity contribution in [2.75, 3.05) is 19.5 Å². The van der Waals surface area contributed by atoms with Crippen LogP contribution < -0.4 is 5.32 Å². The number of carbonyl (C=O) groups is 1. The van der Waals surface area contributed by atoms with Crippen LogP contribution in [0.25, 0.3) is 10.9 Å². The molecule has 4 nitrogen and oxygen atoms in total.